The van der Waals surface area contributed by atoms with Gasteiger partial charge in [-0.1, -0.05) is 25.4 Å². The maximum atomic E-state index is 11.7. The monoisotopic (exact) mass is 283 g/mol. The molecule has 3 nitrogen and oxygen atoms in total. The van der Waals surface area contributed by atoms with Gasteiger partial charge in [-0.15, -0.1) is 0 Å². The predicted octanol–water partition coefficient (Wildman–Crippen LogP) is 3.58. The molecule has 1 aromatic carbocycles. The second-order valence-corrected chi connectivity index (χ2v) is 4.97. The number of nitrogens with one attached hydrogen (secondary N) is 1. The van der Waals surface area contributed by atoms with E-state index >= 15 is 0 Å². The molecule has 0 aliphatic carbocycles. The Labute approximate surface area is 120 Å². The molecular formula is C15H22ClNO2. The Morgan fingerprint density at radius 1 is 1.37 bits per heavy atom. The zero-order chi connectivity index (χ0) is 14.3. The van der Waals surface area contributed by atoms with Crippen LogP contribution in [0.5, 0.6) is 5.75 Å². The van der Waals surface area contributed by atoms with Crippen molar-refractivity contribution in [2.75, 3.05) is 13.2 Å². The molecule has 0 aromatic heterocycles. The van der Waals surface area contributed by atoms with Crippen LogP contribution < -0.4 is 10.1 Å². The molecule has 106 valence electrons. The molecular weight excluding hydrogens is 262 g/mol. The first-order valence-electron chi connectivity index (χ1n) is 6.75. The first kappa shape index (κ1) is 15.8. The summed E-state index contributed by atoms with van der Waals surface area (Å²) in [4.78, 5) is 11.7. The highest BCUT2D eigenvalue weighted by Gasteiger charge is 2.12. The van der Waals surface area contributed by atoms with Gasteiger partial charge in [0.1, 0.15) is 12.4 Å². The van der Waals surface area contributed by atoms with Crippen molar-refractivity contribution in [3.8, 4) is 5.75 Å². The van der Waals surface area contributed by atoms with Crippen molar-refractivity contribution >= 4 is 17.5 Å². The summed E-state index contributed by atoms with van der Waals surface area (Å²) in [6, 6.07) is 5.54. The van der Waals surface area contributed by atoms with Crippen LogP contribution in [0.15, 0.2) is 18.2 Å². The molecule has 1 N–H and O–H groups in total. The Kier molecular flexibility index (Phi) is 6.71. The number of carbonyl (C=O) groups excluding carboxylic acids is 1. The SMILES string of the molecule is CCC(CC)C(=O)NCCOc1ccc(Cl)c(C)c1. The van der Waals surface area contributed by atoms with Crippen molar-refractivity contribution in [2.45, 2.75) is 33.6 Å². The summed E-state index contributed by atoms with van der Waals surface area (Å²) in [5.41, 5.74) is 0.986. The molecule has 19 heavy (non-hydrogen) atoms. The molecule has 1 aromatic rings. The minimum atomic E-state index is 0.109. The smallest absolute Gasteiger partial charge is 0.223 e. The summed E-state index contributed by atoms with van der Waals surface area (Å²) >= 11 is 5.94. The molecule has 0 unspecified atom stereocenters. The van der Waals surface area contributed by atoms with Crippen LogP contribution in [-0.2, 0) is 4.79 Å². The molecule has 1 amide bonds. The van der Waals surface area contributed by atoms with Crippen LogP contribution >= 0.6 is 11.6 Å². The lowest BCUT2D eigenvalue weighted by atomic mass is 10.0. The number of carbonyl (C=O) groups is 1. The van der Waals surface area contributed by atoms with Gasteiger partial charge < -0.3 is 10.1 Å². The van der Waals surface area contributed by atoms with Crippen molar-refractivity contribution in [3.63, 3.8) is 0 Å². The molecule has 4 heteroatoms. The highest BCUT2D eigenvalue weighted by atomic mass is 35.5. The lowest BCUT2D eigenvalue weighted by Gasteiger charge is -2.13. The summed E-state index contributed by atoms with van der Waals surface area (Å²) in [7, 11) is 0. The van der Waals surface area contributed by atoms with Gasteiger partial charge in [0.2, 0.25) is 5.91 Å². The quantitative estimate of drug-likeness (QED) is 0.777. The zero-order valence-corrected chi connectivity index (χ0v) is 12.6. The molecule has 0 aliphatic heterocycles. The van der Waals surface area contributed by atoms with Crippen LogP contribution in [0.4, 0.5) is 0 Å². The van der Waals surface area contributed by atoms with Crippen LogP contribution in [0.2, 0.25) is 5.02 Å². The topological polar surface area (TPSA) is 38.3 Å². The van der Waals surface area contributed by atoms with Crippen LogP contribution in [0.3, 0.4) is 0 Å². The summed E-state index contributed by atoms with van der Waals surface area (Å²) in [6.07, 6.45) is 1.75. The highest BCUT2D eigenvalue weighted by molar-refractivity contribution is 6.31. The fourth-order valence-corrected chi connectivity index (χ4v) is 1.97. The van der Waals surface area contributed by atoms with Crippen molar-refractivity contribution in [1.82, 2.24) is 5.32 Å². The lowest BCUT2D eigenvalue weighted by molar-refractivity contribution is -0.125. The van der Waals surface area contributed by atoms with E-state index in [0.29, 0.717) is 13.2 Å². The highest BCUT2D eigenvalue weighted by Crippen LogP contribution is 2.20. The van der Waals surface area contributed by atoms with Crippen LogP contribution in [-0.4, -0.2) is 19.1 Å². The number of rotatable bonds is 7. The number of hydrogen-bond acceptors (Lipinski definition) is 2. The van der Waals surface area contributed by atoms with E-state index in [9.17, 15) is 4.79 Å². The summed E-state index contributed by atoms with van der Waals surface area (Å²) in [5.74, 6) is 0.998. The standard InChI is InChI=1S/C15H22ClNO2/c1-4-12(5-2)15(18)17-8-9-19-13-6-7-14(16)11(3)10-13/h6-7,10,12H,4-5,8-9H2,1-3H3,(H,17,18). The van der Waals surface area contributed by atoms with Crippen LogP contribution in [0, 0.1) is 12.8 Å². The van der Waals surface area contributed by atoms with E-state index in [0.717, 1.165) is 29.2 Å². The number of benzene rings is 1. The number of ether oxygens (including phenoxy) is 1. The Morgan fingerprint density at radius 3 is 2.63 bits per heavy atom. The number of hydrogen-bond donors (Lipinski definition) is 1. The van der Waals surface area contributed by atoms with E-state index in [2.05, 4.69) is 5.32 Å². The zero-order valence-electron chi connectivity index (χ0n) is 11.8. The van der Waals surface area contributed by atoms with Gasteiger partial charge in [0.15, 0.2) is 0 Å². The second-order valence-electron chi connectivity index (χ2n) is 4.56. The molecule has 0 spiro atoms. The largest absolute Gasteiger partial charge is 0.492 e. The van der Waals surface area contributed by atoms with Gasteiger partial charge in [-0.25, -0.2) is 0 Å². The molecule has 0 aliphatic rings. The predicted molar refractivity (Wildman–Crippen MR) is 78.8 cm³/mol. The normalized spacial score (nSPS) is 10.6. The summed E-state index contributed by atoms with van der Waals surface area (Å²) in [6.45, 7) is 6.98. The van der Waals surface area contributed by atoms with Gasteiger partial charge >= 0.3 is 0 Å². The fraction of sp³-hybridized carbons (Fsp3) is 0.533. The molecule has 0 radical (unpaired) electrons. The lowest BCUT2D eigenvalue weighted by Crippen LogP contribution is -2.33. The summed E-state index contributed by atoms with van der Waals surface area (Å²) < 4.78 is 5.57. The molecule has 0 fully saturated rings. The Morgan fingerprint density at radius 2 is 2.05 bits per heavy atom. The van der Waals surface area contributed by atoms with E-state index in [1.54, 1.807) is 0 Å². The first-order valence-corrected chi connectivity index (χ1v) is 7.12. The molecule has 0 heterocycles. The number of amides is 1. The minimum absolute atomic E-state index is 0.109. The average molecular weight is 284 g/mol. The third-order valence-electron chi connectivity index (χ3n) is 3.16. The van der Waals surface area contributed by atoms with Gasteiger partial charge in [-0.2, -0.15) is 0 Å². The van der Waals surface area contributed by atoms with Crippen molar-refractivity contribution in [3.05, 3.63) is 28.8 Å². The Balaban J connectivity index is 2.31. The summed E-state index contributed by atoms with van der Waals surface area (Å²) in [5, 5.41) is 3.62. The van der Waals surface area contributed by atoms with E-state index in [1.807, 2.05) is 39.0 Å². The third kappa shape index (κ3) is 5.11. The van der Waals surface area contributed by atoms with Crippen molar-refractivity contribution in [2.24, 2.45) is 5.92 Å². The van der Waals surface area contributed by atoms with Crippen molar-refractivity contribution < 1.29 is 9.53 Å². The molecule has 0 bridgehead atoms. The van der Waals surface area contributed by atoms with Gasteiger partial charge in [0.25, 0.3) is 0 Å². The third-order valence-corrected chi connectivity index (χ3v) is 3.58. The average Bonchev–Trinajstić information content (AvgIpc) is 2.40. The van der Waals surface area contributed by atoms with E-state index in [-0.39, 0.29) is 11.8 Å². The Hall–Kier alpha value is -1.22. The minimum Gasteiger partial charge on any atom is -0.492 e. The first-order chi connectivity index (χ1) is 9.08. The Bertz CT molecular complexity index is 417. The fourth-order valence-electron chi connectivity index (χ4n) is 1.85. The van der Waals surface area contributed by atoms with E-state index in [4.69, 9.17) is 16.3 Å². The molecule has 0 saturated carbocycles. The van der Waals surface area contributed by atoms with Gasteiger partial charge in [0, 0.05) is 10.9 Å². The molecule has 0 atom stereocenters. The van der Waals surface area contributed by atoms with E-state index in [1.165, 1.54) is 0 Å². The maximum absolute atomic E-state index is 11.7. The second kappa shape index (κ2) is 8.05. The van der Waals surface area contributed by atoms with Gasteiger partial charge in [-0.3, -0.25) is 4.79 Å². The van der Waals surface area contributed by atoms with Crippen LogP contribution in [0.1, 0.15) is 32.3 Å². The number of aryl methyl sites for hydroxylation is 1. The van der Waals surface area contributed by atoms with Gasteiger partial charge in [-0.05, 0) is 43.5 Å². The number of halogens is 1. The van der Waals surface area contributed by atoms with Crippen LogP contribution in [0.25, 0.3) is 0 Å². The van der Waals surface area contributed by atoms with E-state index < -0.39 is 0 Å². The van der Waals surface area contributed by atoms with Crippen molar-refractivity contribution in [1.29, 1.82) is 0 Å². The van der Waals surface area contributed by atoms with Gasteiger partial charge in [0.05, 0.1) is 6.54 Å². The molecule has 1 rings (SSSR count). The maximum Gasteiger partial charge on any atom is 0.223 e. The molecule has 0 saturated heterocycles.